The van der Waals surface area contributed by atoms with E-state index in [-0.39, 0.29) is 11.9 Å². The van der Waals surface area contributed by atoms with Crippen LogP contribution in [0.2, 0.25) is 0 Å². The second-order valence-electron chi connectivity index (χ2n) is 4.89. The Bertz CT molecular complexity index is 465. The Kier molecular flexibility index (Phi) is 8.32. The molecule has 0 saturated heterocycles. The summed E-state index contributed by atoms with van der Waals surface area (Å²) < 4.78 is 15.9. The molecule has 6 nitrogen and oxygen atoms in total. The highest BCUT2D eigenvalue weighted by atomic mass is 16.5. The minimum atomic E-state index is -0.0914. The number of carbonyl (C=O) groups excluding carboxylic acids is 1. The maximum absolute atomic E-state index is 11.8. The molecular formula is C16H26N2O4. The third-order valence-electron chi connectivity index (χ3n) is 3.21. The molecule has 124 valence electrons. The van der Waals surface area contributed by atoms with Crippen molar-refractivity contribution in [1.82, 2.24) is 10.6 Å². The van der Waals surface area contributed by atoms with Crippen LogP contribution >= 0.6 is 0 Å². The van der Waals surface area contributed by atoms with Gasteiger partial charge >= 0.3 is 0 Å². The fourth-order valence-corrected chi connectivity index (χ4v) is 1.94. The Morgan fingerprint density at radius 2 is 2.00 bits per heavy atom. The predicted octanol–water partition coefficient (Wildman–Crippen LogP) is 1.51. The Morgan fingerprint density at radius 3 is 2.64 bits per heavy atom. The fourth-order valence-electron chi connectivity index (χ4n) is 1.94. The Hall–Kier alpha value is -1.79. The number of ether oxygens (including phenoxy) is 3. The first kappa shape index (κ1) is 18.3. The number of amides is 1. The van der Waals surface area contributed by atoms with E-state index in [0.717, 1.165) is 5.56 Å². The topological polar surface area (TPSA) is 68.8 Å². The summed E-state index contributed by atoms with van der Waals surface area (Å²) in [6.07, 6.45) is 0.455. The van der Waals surface area contributed by atoms with Crippen LogP contribution in [-0.2, 0) is 9.53 Å². The lowest BCUT2D eigenvalue weighted by atomic mass is 10.1. The van der Waals surface area contributed by atoms with E-state index in [2.05, 4.69) is 10.6 Å². The molecule has 1 rings (SSSR count). The summed E-state index contributed by atoms with van der Waals surface area (Å²) in [5, 5.41) is 5.91. The highest BCUT2D eigenvalue weighted by Crippen LogP contribution is 2.30. The summed E-state index contributed by atoms with van der Waals surface area (Å²) in [6, 6.07) is 5.56. The number of methoxy groups -OCH3 is 2. The van der Waals surface area contributed by atoms with Crippen molar-refractivity contribution in [2.75, 3.05) is 41.0 Å². The van der Waals surface area contributed by atoms with E-state index < -0.39 is 0 Å². The van der Waals surface area contributed by atoms with Gasteiger partial charge < -0.3 is 24.8 Å². The van der Waals surface area contributed by atoms with Crippen molar-refractivity contribution in [1.29, 1.82) is 0 Å². The first-order valence-electron chi connectivity index (χ1n) is 7.36. The maximum atomic E-state index is 11.8. The third-order valence-corrected chi connectivity index (χ3v) is 3.21. The fraction of sp³-hybridized carbons (Fsp3) is 0.562. The van der Waals surface area contributed by atoms with E-state index in [1.807, 2.05) is 32.2 Å². The quantitative estimate of drug-likeness (QED) is 0.641. The van der Waals surface area contributed by atoms with Gasteiger partial charge in [0.05, 0.1) is 19.8 Å². The van der Waals surface area contributed by atoms with Crippen LogP contribution in [0.4, 0.5) is 0 Å². The number of nitrogens with one attached hydrogen (secondary N) is 2. The second kappa shape index (κ2) is 10.0. The minimum absolute atomic E-state index is 0.0150. The molecule has 6 heteroatoms. The third kappa shape index (κ3) is 5.91. The zero-order valence-electron chi connectivity index (χ0n) is 13.8. The van der Waals surface area contributed by atoms with Crippen LogP contribution in [0.5, 0.6) is 11.5 Å². The Balaban J connectivity index is 2.68. The number of hydrogen-bond acceptors (Lipinski definition) is 5. The van der Waals surface area contributed by atoms with Gasteiger partial charge in [-0.05, 0) is 31.7 Å². The van der Waals surface area contributed by atoms with Gasteiger partial charge in [0, 0.05) is 20.1 Å². The van der Waals surface area contributed by atoms with Gasteiger partial charge in [-0.2, -0.15) is 0 Å². The maximum Gasteiger partial charge on any atom is 0.221 e. The van der Waals surface area contributed by atoms with Crippen molar-refractivity contribution in [3.8, 4) is 11.5 Å². The van der Waals surface area contributed by atoms with Crippen LogP contribution in [-0.4, -0.2) is 46.9 Å². The molecule has 0 radical (unpaired) electrons. The van der Waals surface area contributed by atoms with E-state index in [1.54, 1.807) is 14.2 Å². The van der Waals surface area contributed by atoms with Crippen molar-refractivity contribution in [3.63, 3.8) is 0 Å². The van der Waals surface area contributed by atoms with Crippen LogP contribution in [0.3, 0.4) is 0 Å². The normalized spacial score (nSPS) is 11.8. The monoisotopic (exact) mass is 310 g/mol. The van der Waals surface area contributed by atoms with Gasteiger partial charge in [-0.25, -0.2) is 0 Å². The molecule has 1 aromatic rings. The van der Waals surface area contributed by atoms with Gasteiger partial charge in [-0.15, -0.1) is 0 Å². The highest BCUT2D eigenvalue weighted by Gasteiger charge is 2.12. The Labute approximate surface area is 132 Å². The molecule has 2 N–H and O–H groups in total. The average Bonchev–Trinajstić information content (AvgIpc) is 2.53. The predicted molar refractivity (Wildman–Crippen MR) is 85.5 cm³/mol. The first-order valence-corrected chi connectivity index (χ1v) is 7.36. The van der Waals surface area contributed by atoms with E-state index in [0.29, 0.717) is 37.7 Å². The standard InChI is InChI=1S/C16H26N2O4/c1-12(18-16(19)7-8-17-2)13-5-6-14(15(11-13)21-4)22-10-9-20-3/h5-6,11-12,17H,7-10H2,1-4H3,(H,18,19). The summed E-state index contributed by atoms with van der Waals surface area (Å²) >= 11 is 0. The van der Waals surface area contributed by atoms with E-state index >= 15 is 0 Å². The lowest BCUT2D eigenvalue weighted by molar-refractivity contribution is -0.121. The first-order chi connectivity index (χ1) is 10.6. The zero-order chi connectivity index (χ0) is 16.4. The molecule has 0 aliphatic heterocycles. The van der Waals surface area contributed by atoms with Gasteiger partial charge in [-0.3, -0.25) is 4.79 Å². The van der Waals surface area contributed by atoms with Gasteiger partial charge in [-0.1, -0.05) is 6.07 Å². The summed E-state index contributed by atoms with van der Waals surface area (Å²) in [5.41, 5.74) is 0.966. The van der Waals surface area contributed by atoms with Gasteiger partial charge in [0.15, 0.2) is 11.5 Å². The van der Waals surface area contributed by atoms with Crippen LogP contribution in [0.1, 0.15) is 24.9 Å². The molecule has 0 fully saturated rings. The summed E-state index contributed by atoms with van der Waals surface area (Å²) in [7, 11) is 5.05. The SMILES string of the molecule is CNCCC(=O)NC(C)c1ccc(OCCOC)c(OC)c1. The molecule has 0 saturated carbocycles. The molecule has 1 aromatic carbocycles. The minimum Gasteiger partial charge on any atom is -0.493 e. The van der Waals surface area contributed by atoms with E-state index in [4.69, 9.17) is 14.2 Å². The summed E-state index contributed by atoms with van der Waals surface area (Å²) in [4.78, 5) is 11.8. The lowest BCUT2D eigenvalue weighted by Gasteiger charge is -2.17. The van der Waals surface area contributed by atoms with Gasteiger partial charge in [0.25, 0.3) is 0 Å². The number of carbonyl (C=O) groups is 1. The molecule has 0 spiro atoms. The number of benzene rings is 1. The largest absolute Gasteiger partial charge is 0.493 e. The average molecular weight is 310 g/mol. The van der Waals surface area contributed by atoms with Crippen LogP contribution in [0.25, 0.3) is 0 Å². The molecule has 0 aliphatic carbocycles. The molecule has 0 bridgehead atoms. The van der Waals surface area contributed by atoms with Crippen LogP contribution in [0.15, 0.2) is 18.2 Å². The van der Waals surface area contributed by atoms with E-state index in [1.165, 1.54) is 0 Å². The number of hydrogen-bond donors (Lipinski definition) is 2. The molecule has 22 heavy (non-hydrogen) atoms. The molecule has 0 aliphatic rings. The second-order valence-corrected chi connectivity index (χ2v) is 4.89. The lowest BCUT2D eigenvalue weighted by Crippen LogP contribution is -2.29. The van der Waals surface area contributed by atoms with Gasteiger partial charge in [0.1, 0.15) is 6.61 Å². The summed E-state index contributed by atoms with van der Waals surface area (Å²) in [5.74, 6) is 1.32. The smallest absolute Gasteiger partial charge is 0.221 e. The molecule has 1 amide bonds. The van der Waals surface area contributed by atoms with Crippen molar-refractivity contribution in [3.05, 3.63) is 23.8 Å². The van der Waals surface area contributed by atoms with E-state index in [9.17, 15) is 4.79 Å². The Morgan fingerprint density at radius 1 is 1.23 bits per heavy atom. The van der Waals surface area contributed by atoms with Crippen molar-refractivity contribution in [2.45, 2.75) is 19.4 Å². The van der Waals surface area contributed by atoms with Crippen molar-refractivity contribution >= 4 is 5.91 Å². The van der Waals surface area contributed by atoms with Crippen molar-refractivity contribution < 1.29 is 19.0 Å². The van der Waals surface area contributed by atoms with Gasteiger partial charge in [0.2, 0.25) is 5.91 Å². The zero-order valence-corrected chi connectivity index (χ0v) is 13.8. The highest BCUT2D eigenvalue weighted by molar-refractivity contribution is 5.76. The van der Waals surface area contributed by atoms with Crippen LogP contribution < -0.4 is 20.1 Å². The molecule has 0 aromatic heterocycles. The molecule has 0 heterocycles. The van der Waals surface area contributed by atoms with Crippen LogP contribution in [0, 0.1) is 0 Å². The van der Waals surface area contributed by atoms with Crippen molar-refractivity contribution in [2.24, 2.45) is 0 Å². The molecule has 1 atom stereocenters. The summed E-state index contributed by atoms with van der Waals surface area (Å²) in [6.45, 7) is 3.58. The molecular weight excluding hydrogens is 284 g/mol. The molecule has 1 unspecified atom stereocenters. The number of rotatable bonds is 10.